The number of ether oxygens (including phenoxy) is 2. The molecule has 170 valence electrons. The van der Waals surface area contributed by atoms with Gasteiger partial charge in [-0.25, -0.2) is 4.79 Å². The molecule has 1 atom stereocenters. The molecule has 0 fully saturated rings. The molecule has 1 aliphatic heterocycles. The minimum atomic E-state index is -0.564. The lowest BCUT2D eigenvalue weighted by Gasteiger charge is -2.29. The van der Waals surface area contributed by atoms with Crippen LogP contribution in [0.5, 0.6) is 11.5 Å². The topological polar surface area (TPSA) is 126 Å². The Kier molecular flexibility index (Phi) is 6.25. The lowest BCUT2D eigenvalue weighted by molar-refractivity contribution is 0.0712. The molecule has 1 aliphatic rings. The first kappa shape index (κ1) is 21.9. The third-order valence-electron chi connectivity index (χ3n) is 5.04. The van der Waals surface area contributed by atoms with Crippen LogP contribution < -0.4 is 10.1 Å². The number of aromatic nitrogens is 1. The highest BCUT2D eigenvalue weighted by Crippen LogP contribution is 2.29. The van der Waals surface area contributed by atoms with Crippen molar-refractivity contribution in [3.63, 3.8) is 0 Å². The van der Waals surface area contributed by atoms with Crippen LogP contribution in [0.25, 0.3) is 0 Å². The number of hydrazone groups is 1. The van der Waals surface area contributed by atoms with E-state index >= 15 is 0 Å². The van der Waals surface area contributed by atoms with E-state index in [0.717, 1.165) is 5.56 Å². The summed E-state index contributed by atoms with van der Waals surface area (Å²) in [6.07, 6.45) is 0.826. The van der Waals surface area contributed by atoms with Gasteiger partial charge in [0, 0.05) is 17.3 Å². The van der Waals surface area contributed by atoms with E-state index in [4.69, 9.17) is 14.0 Å². The Bertz CT molecular complexity index is 1170. The molecule has 0 saturated heterocycles. The van der Waals surface area contributed by atoms with Gasteiger partial charge < -0.3 is 24.4 Å². The molecule has 10 heteroatoms. The third-order valence-corrected chi connectivity index (χ3v) is 5.04. The van der Waals surface area contributed by atoms with Gasteiger partial charge in [-0.3, -0.25) is 4.79 Å². The Morgan fingerprint density at radius 1 is 1.21 bits per heavy atom. The highest BCUT2D eigenvalue weighted by atomic mass is 16.6. The van der Waals surface area contributed by atoms with Crippen molar-refractivity contribution in [1.82, 2.24) is 10.2 Å². The first-order valence-corrected chi connectivity index (χ1v) is 10.2. The number of benzene rings is 2. The zero-order valence-electron chi connectivity index (χ0n) is 18.0. The number of carbonyl (C=O) groups is 2. The van der Waals surface area contributed by atoms with E-state index in [2.05, 4.69) is 15.6 Å². The van der Waals surface area contributed by atoms with Gasteiger partial charge in [-0.2, -0.15) is 10.1 Å². The summed E-state index contributed by atoms with van der Waals surface area (Å²) in [6, 6.07) is 13.3. The number of phenolic OH excluding ortho intramolecular Hbond substituents is 1. The van der Waals surface area contributed by atoms with Gasteiger partial charge in [0.15, 0.2) is 11.5 Å². The number of methoxy groups -OCH3 is 1. The fourth-order valence-corrected chi connectivity index (χ4v) is 3.34. The molecule has 2 N–H and O–H groups in total. The van der Waals surface area contributed by atoms with Gasteiger partial charge in [0.05, 0.1) is 19.9 Å². The second kappa shape index (κ2) is 9.43. The number of hydrogen-bond acceptors (Lipinski definition) is 8. The van der Waals surface area contributed by atoms with Crippen molar-refractivity contribution in [1.29, 1.82) is 0 Å². The summed E-state index contributed by atoms with van der Waals surface area (Å²) < 4.78 is 15.5. The zero-order chi connectivity index (χ0) is 23.4. The predicted octanol–water partition coefficient (Wildman–Crippen LogP) is 3.78. The molecule has 1 unspecified atom stereocenters. The molecule has 33 heavy (non-hydrogen) atoms. The van der Waals surface area contributed by atoms with E-state index in [1.807, 2.05) is 6.92 Å². The van der Waals surface area contributed by atoms with E-state index in [1.54, 1.807) is 36.4 Å². The second-order valence-corrected chi connectivity index (χ2v) is 7.24. The van der Waals surface area contributed by atoms with Gasteiger partial charge in [-0.05, 0) is 42.3 Å². The van der Waals surface area contributed by atoms with Gasteiger partial charge in [-0.15, -0.1) is 0 Å². The summed E-state index contributed by atoms with van der Waals surface area (Å²) in [5.74, 6) is 0.000947. The molecule has 3 aromatic rings. The van der Waals surface area contributed by atoms with Crippen molar-refractivity contribution in [2.45, 2.75) is 26.0 Å². The van der Waals surface area contributed by atoms with Crippen LogP contribution in [0.2, 0.25) is 0 Å². The number of nitrogens with one attached hydrogen (secondary N) is 1. The number of anilines is 1. The van der Waals surface area contributed by atoms with Gasteiger partial charge in [0.2, 0.25) is 5.76 Å². The highest BCUT2D eigenvalue weighted by Gasteiger charge is 2.31. The molecule has 0 aliphatic carbocycles. The zero-order valence-corrected chi connectivity index (χ0v) is 18.0. The van der Waals surface area contributed by atoms with Crippen molar-refractivity contribution in [3.8, 4) is 11.5 Å². The average Bonchev–Trinajstić information content (AvgIpc) is 3.36. The first-order chi connectivity index (χ1) is 16.0. The van der Waals surface area contributed by atoms with Crippen LogP contribution >= 0.6 is 0 Å². The van der Waals surface area contributed by atoms with Crippen LogP contribution in [-0.4, -0.2) is 46.2 Å². The summed E-state index contributed by atoms with van der Waals surface area (Å²) in [4.78, 5) is 24.6. The molecule has 4 rings (SSSR count). The summed E-state index contributed by atoms with van der Waals surface area (Å²) >= 11 is 0. The molecule has 2 heterocycles. The van der Waals surface area contributed by atoms with Crippen LogP contribution in [0.3, 0.4) is 0 Å². The number of hydrogen-bond donors (Lipinski definition) is 2. The van der Waals surface area contributed by atoms with E-state index in [1.165, 1.54) is 30.4 Å². The number of carbonyl (C=O) groups excluding carboxylic acids is 2. The molecule has 1 aromatic heterocycles. The maximum absolute atomic E-state index is 12.5. The molecule has 0 radical (unpaired) electrons. The number of phenols is 1. The van der Waals surface area contributed by atoms with Crippen LogP contribution in [0.4, 0.5) is 10.5 Å². The van der Waals surface area contributed by atoms with Gasteiger partial charge in [-0.1, -0.05) is 24.2 Å². The Labute approximate surface area is 189 Å². The molecular weight excluding hydrogens is 428 g/mol. The number of nitrogens with zero attached hydrogens (tertiary/aromatic N) is 3. The van der Waals surface area contributed by atoms with Crippen molar-refractivity contribution in [2.24, 2.45) is 5.10 Å². The fraction of sp³-hybridized carbons (Fsp3) is 0.217. The summed E-state index contributed by atoms with van der Waals surface area (Å²) in [6.45, 7) is 2.05. The first-order valence-electron chi connectivity index (χ1n) is 10.2. The quantitative estimate of drug-likeness (QED) is 0.561. The summed E-state index contributed by atoms with van der Waals surface area (Å²) in [5.41, 5.74) is 2.50. The van der Waals surface area contributed by atoms with Crippen LogP contribution in [0.15, 0.2) is 64.4 Å². The number of cyclic esters (lactones) is 1. The SMILES string of the molecule is CCC1OC(=O)N(Cc2ccc(NC(=O)c3ccno3)cc2)N=C1c1ccc(OC)c(O)c1. The monoisotopic (exact) mass is 450 g/mol. The van der Waals surface area contributed by atoms with Crippen LogP contribution in [-0.2, 0) is 11.3 Å². The Morgan fingerprint density at radius 3 is 2.64 bits per heavy atom. The van der Waals surface area contributed by atoms with Gasteiger partial charge in [0.1, 0.15) is 11.8 Å². The second-order valence-electron chi connectivity index (χ2n) is 7.24. The fourth-order valence-electron chi connectivity index (χ4n) is 3.34. The standard InChI is InChI=1S/C23H22N4O6/c1-3-18-21(15-6-9-19(31-2)17(28)12-15)26-27(23(30)32-18)13-14-4-7-16(8-5-14)25-22(29)20-10-11-24-33-20/h4-12,18,28H,3,13H2,1-2H3,(H,25,29). The minimum Gasteiger partial charge on any atom is -0.504 e. The Morgan fingerprint density at radius 2 is 2.00 bits per heavy atom. The van der Waals surface area contributed by atoms with Crippen molar-refractivity contribution in [2.75, 3.05) is 12.4 Å². The molecule has 10 nitrogen and oxygen atoms in total. The number of rotatable bonds is 7. The Hall–Kier alpha value is -4.34. The van der Waals surface area contributed by atoms with Gasteiger partial charge >= 0.3 is 6.09 Å². The van der Waals surface area contributed by atoms with E-state index in [-0.39, 0.29) is 18.1 Å². The smallest absolute Gasteiger partial charge is 0.431 e. The lowest BCUT2D eigenvalue weighted by atomic mass is 10.0. The van der Waals surface area contributed by atoms with E-state index in [9.17, 15) is 14.7 Å². The maximum Gasteiger partial charge on any atom is 0.431 e. The summed E-state index contributed by atoms with van der Waals surface area (Å²) in [7, 11) is 1.47. The molecule has 2 amide bonds. The van der Waals surface area contributed by atoms with Gasteiger partial charge in [0.25, 0.3) is 5.91 Å². The highest BCUT2D eigenvalue weighted by molar-refractivity contribution is 6.06. The van der Waals surface area contributed by atoms with Crippen molar-refractivity contribution in [3.05, 3.63) is 71.6 Å². The summed E-state index contributed by atoms with van der Waals surface area (Å²) in [5, 5.41) is 22.1. The maximum atomic E-state index is 12.5. The minimum absolute atomic E-state index is 0.0287. The van der Waals surface area contributed by atoms with E-state index < -0.39 is 18.1 Å². The molecule has 2 aromatic carbocycles. The van der Waals surface area contributed by atoms with Crippen molar-refractivity contribution < 1.29 is 28.7 Å². The normalized spacial score (nSPS) is 15.6. The predicted molar refractivity (Wildman–Crippen MR) is 118 cm³/mol. The molecule has 0 saturated carbocycles. The molecule has 0 spiro atoms. The lowest BCUT2D eigenvalue weighted by Crippen LogP contribution is -2.41. The molecular formula is C23H22N4O6. The van der Waals surface area contributed by atoms with E-state index in [0.29, 0.717) is 29.1 Å². The largest absolute Gasteiger partial charge is 0.504 e. The molecule has 0 bridgehead atoms. The number of amides is 2. The third kappa shape index (κ3) is 4.79. The van der Waals surface area contributed by atoms with Crippen molar-refractivity contribution >= 4 is 23.4 Å². The number of aromatic hydroxyl groups is 1. The van der Waals surface area contributed by atoms with Crippen LogP contribution in [0.1, 0.15) is 35.0 Å². The Balaban J connectivity index is 1.51. The average molecular weight is 450 g/mol. The van der Waals surface area contributed by atoms with Crippen LogP contribution in [0, 0.1) is 0 Å².